The van der Waals surface area contributed by atoms with Crippen molar-refractivity contribution in [2.24, 2.45) is 5.73 Å². The summed E-state index contributed by atoms with van der Waals surface area (Å²) in [6.45, 7) is 0.399. The topological polar surface area (TPSA) is 96.4 Å². The van der Waals surface area contributed by atoms with Crippen LogP contribution in [0.1, 0.15) is 24.0 Å². The minimum absolute atomic E-state index is 0.104. The van der Waals surface area contributed by atoms with Crippen LogP contribution in [0.15, 0.2) is 24.3 Å². The quantitative estimate of drug-likeness (QED) is 0.861. The van der Waals surface area contributed by atoms with E-state index in [1.807, 2.05) is 12.1 Å². The molecule has 0 saturated carbocycles. The van der Waals surface area contributed by atoms with E-state index < -0.39 is 11.9 Å². The Labute approximate surface area is 129 Å². The Balaban J connectivity index is 1.95. The van der Waals surface area contributed by atoms with Gasteiger partial charge in [0.25, 0.3) is 0 Å². The maximum atomic E-state index is 12.3. The number of aryl methyl sites for hydroxylation is 1. The lowest BCUT2D eigenvalue weighted by Gasteiger charge is -2.22. The van der Waals surface area contributed by atoms with E-state index in [1.54, 1.807) is 19.2 Å². The molecule has 116 valence electrons. The highest BCUT2D eigenvalue weighted by Gasteiger charge is 2.38. The predicted octanol–water partition coefficient (Wildman–Crippen LogP) is 0.592. The minimum Gasteiger partial charge on any atom is -0.380 e. The van der Waals surface area contributed by atoms with E-state index in [1.165, 1.54) is 4.90 Å². The molecule has 2 atom stereocenters. The first-order chi connectivity index (χ1) is 10.5. The van der Waals surface area contributed by atoms with Gasteiger partial charge in [-0.1, -0.05) is 12.1 Å². The van der Waals surface area contributed by atoms with E-state index in [2.05, 4.69) is 6.07 Å². The standard InChI is InChI=1S/C16H19N3O3/c1-22-13-8-14(16(18)21)19(10-13)15(20)7-6-11-2-4-12(9-17)5-3-11/h2-5,13-14H,6-8,10H2,1H3,(H2,18,21)/t13-,14-/m0/s1. The van der Waals surface area contributed by atoms with Crippen LogP contribution in [0.25, 0.3) is 0 Å². The van der Waals surface area contributed by atoms with Gasteiger partial charge >= 0.3 is 0 Å². The van der Waals surface area contributed by atoms with Crippen molar-refractivity contribution in [2.45, 2.75) is 31.4 Å². The van der Waals surface area contributed by atoms with Crippen molar-refractivity contribution in [1.82, 2.24) is 4.90 Å². The molecule has 1 heterocycles. The molecule has 6 heteroatoms. The zero-order valence-electron chi connectivity index (χ0n) is 12.5. The first kappa shape index (κ1) is 16.0. The molecule has 1 fully saturated rings. The number of nitrogens with zero attached hydrogens (tertiary/aromatic N) is 2. The lowest BCUT2D eigenvalue weighted by Crippen LogP contribution is -2.43. The lowest BCUT2D eigenvalue weighted by atomic mass is 10.1. The molecule has 1 aliphatic rings. The maximum absolute atomic E-state index is 12.3. The van der Waals surface area contributed by atoms with Crippen molar-refractivity contribution >= 4 is 11.8 Å². The third-order valence-corrected chi connectivity index (χ3v) is 3.96. The predicted molar refractivity (Wildman–Crippen MR) is 79.6 cm³/mol. The van der Waals surface area contributed by atoms with Crippen LogP contribution < -0.4 is 5.73 Å². The Morgan fingerprint density at radius 3 is 2.64 bits per heavy atom. The molecule has 1 aromatic rings. The molecule has 2 amide bonds. The molecule has 0 unspecified atom stereocenters. The summed E-state index contributed by atoms with van der Waals surface area (Å²) in [5.74, 6) is -0.598. The molecule has 1 aliphatic heterocycles. The summed E-state index contributed by atoms with van der Waals surface area (Å²) in [5, 5.41) is 8.75. The van der Waals surface area contributed by atoms with Gasteiger partial charge in [-0.3, -0.25) is 9.59 Å². The molecular weight excluding hydrogens is 282 g/mol. The highest BCUT2D eigenvalue weighted by molar-refractivity contribution is 5.87. The lowest BCUT2D eigenvalue weighted by molar-refractivity contribution is -0.137. The number of nitrogens with two attached hydrogens (primary N) is 1. The number of methoxy groups -OCH3 is 1. The second-order valence-electron chi connectivity index (χ2n) is 5.37. The van der Waals surface area contributed by atoms with Crippen LogP contribution in [0.3, 0.4) is 0 Å². The molecule has 1 aromatic carbocycles. The van der Waals surface area contributed by atoms with E-state index in [0.29, 0.717) is 31.4 Å². The number of primary amides is 1. The summed E-state index contributed by atoms with van der Waals surface area (Å²) in [6, 6.07) is 8.58. The SMILES string of the molecule is CO[C@H]1C[C@@H](C(N)=O)N(C(=O)CCc2ccc(C#N)cc2)C1. The number of carbonyl (C=O) groups excluding carboxylic acids is 2. The minimum atomic E-state index is -0.585. The van der Waals surface area contributed by atoms with Crippen molar-refractivity contribution in [3.63, 3.8) is 0 Å². The molecule has 2 N–H and O–H groups in total. The summed E-state index contributed by atoms with van der Waals surface area (Å²) >= 11 is 0. The van der Waals surface area contributed by atoms with E-state index in [9.17, 15) is 9.59 Å². The molecule has 1 saturated heterocycles. The largest absolute Gasteiger partial charge is 0.380 e. The van der Waals surface area contributed by atoms with Crippen LogP contribution in [-0.2, 0) is 20.7 Å². The molecule has 6 nitrogen and oxygen atoms in total. The number of hydrogen-bond donors (Lipinski definition) is 1. The maximum Gasteiger partial charge on any atom is 0.240 e. The van der Waals surface area contributed by atoms with Gasteiger partial charge in [0.1, 0.15) is 6.04 Å². The second kappa shape index (κ2) is 7.05. The van der Waals surface area contributed by atoms with E-state index in [-0.39, 0.29) is 12.0 Å². The Kier molecular flexibility index (Phi) is 5.12. The van der Waals surface area contributed by atoms with Gasteiger partial charge in [0.05, 0.1) is 17.7 Å². The Bertz CT molecular complexity index is 592. The monoisotopic (exact) mass is 301 g/mol. The van der Waals surface area contributed by atoms with Gasteiger partial charge in [-0.2, -0.15) is 5.26 Å². The van der Waals surface area contributed by atoms with Crippen LogP contribution in [-0.4, -0.2) is 42.5 Å². The number of amides is 2. The van der Waals surface area contributed by atoms with Gasteiger partial charge < -0.3 is 15.4 Å². The summed E-state index contributed by atoms with van der Waals surface area (Å²) in [5.41, 5.74) is 6.93. The van der Waals surface area contributed by atoms with Gasteiger partial charge in [0.2, 0.25) is 11.8 Å². The van der Waals surface area contributed by atoms with Crippen molar-refractivity contribution < 1.29 is 14.3 Å². The Morgan fingerprint density at radius 1 is 1.41 bits per heavy atom. The van der Waals surface area contributed by atoms with Gasteiger partial charge in [-0.05, 0) is 24.1 Å². The number of rotatable bonds is 5. The fourth-order valence-corrected chi connectivity index (χ4v) is 2.65. The molecule has 22 heavy (non-hydrogen) atoms. The Morgan fingerprint density at radius 2 is 2.09 bits per heavy atom. The highest BCUT2D eigenvalue weighted by Crippen LogP contribution is 2.21. The van der Waals surface area contributed by atoms with Crippen LogP contribution in [0.2, 0.25) is 0 Å². The number of nitriles is 1. The third-order valence-electron chi connectivity index (χ3n) is 3.96. The third kappa shape index (κ3) is 3.62. The van der Waals surface area contributed by atoms with Crippen LogP contribution >= 0.6 is 0 Å². The Hall–Kier alpha value is -2.39. The fourth-order valence-electron chi connectivity index (χ4n) is 2.65. The smallest absolute Gasteiger partial charge is 0.240 e. The average molecular weight is 301 g/mol. The van der Waals surface area contributed by atoms with Crippen LogP contribution in [0, 0.1) is 11.3 Å². The van der Waals surface area contributed by atoms with Gasteiger partial charge in [0.15, 0.2) is 0 Å². The number of hydrogen-bond acceptors (Lipinski definition) is 4. The van der Waals surface area contributed by atoms with Gasteiger partial charge in [0, 0.05) is 26.5 Å². The molecule has 0 radical (unpaired) electrons. The van der Waals surface area contributed by atoms with Crippen LogP contribution in [0.4, 0.5) is 0 Å². The first-order valence-electron chi connectivity index (χ1n) is 7.15. The fraction of sp³-hybridized carbons (Fsp3) is 0.438. The van der Waals surface area contributed by atoms with Crippen molar-refractivity contribution in [3.05, 3.63) is 35.4 Å². The summed E-state index contributed by atoms with van der Waals surface area (Å²) < 4.78 is 5.23. The normalized spacial score (nSPS) is 20.6. The zero-order chi connectivity index (χ0) is 16.1. The van der Waals surface area contributed by atoms with E-state index in [0.717, 1.165) is 5.56 Å². The van der Waals surface area contributed by atoms with Crippen molar-refractivity contribution in [3.8, 4) is 6.07 Å². The molecule has 0 spiro atoms. The first-order valence-corrected chi connectivity index (χ1v) is 7.15. The highest BCUT2D eigenvalue weighted by atomic mass is 16.5. The number of carbonyl (C=O) groups is 2. The van der Waals surface area contributed by atoms with Crippen molar-refractivity contribution in [2.75, 3.05) is 13.7 Å². The number of benzene rings is 1. The average Bonchev–Trinajstić information content (AvgIpc) is 2.98. The van der Waals surface area contributed by atoms with Gasteiger partial charge in [-0.25, -0.2) is 0 Å². The summed E-state index contributed by atoms with van der Waals surface area (Å²) in [4.78, 5) is 25.3. The second-order valence-corrected chi connectivity index (χ2v) is 5.37. The summed E-state index contributed by atoms with van der Waals surface area (Å²) in [6.07, 6.45) is 1.17. The zero-order valence-corrected chi connectivity index (χ0v) is 12.5. The molecular formula is C16H19N3O3. The molecule has 0 aliphatic carbocycles. The number of likely N-dealkylation sites (tertiary alicyclic amines) is 1. The van der Waals surface area contributed by atoms with Crippen molar-refractivity contribution in [1.29, 1.82) is 5.26 Å². The van der Waals surface area contributed by atoms with E-state index in [4.69, 9.17) is 15.7 Å². The van der Waals surface area contributed by atoms with Gasteiger partial charge in [-0.15, -0.1) is 0 Å². The summed E-state index contributed by atoms with van der Waals surface area (Å²) in [7, 11) is 1.56. The molecule has 0 aromatic heterocycles. The van der Waals surface area contributed by atoms with E-state index >= 15 is 0 Å². The molecule has 2 rings (SSSR count). The molecule has 0 bridgehead atoms. The van der Waals surface area contributed by atoms with Crippen LogP contribution in [0.5, 0.6) is 0 Å². The number of ether oxygens (including phenoxy) is 1.